The predicted octanol–water partition coefficient (Wildman–Crippen LogP) is 6.25. The molecule has 2 amide bonds. The number of benzene rings is 4. The standard InChI is InChI=1S/C33H24N4O2S/c1-19-14-16-20(17-15-19)37-30(38)28-27-21-8-2-4-10-23(21)33(29(28)31(37)39,24-11-5-3-9-22(24)27)18-34-36-32-35-25-12-6-7-13-26(25)40-32/h2-18,27-29H,1H3,(H,35,36)/b34-18-/t27?,28-,29-,33?/m0/s1. The average molecular weight is 541 g/mol. The summed E-state index contributed by atoms with van der Waals surface area (Å²) in [7, 11) is 0. The summed E-state index contributed by atoms with van der Waals surface area (Å²) in [6.07, 6.45) is 1.85. The van der Waals surface area contributed by atoms with E-state index in [1.54, 1.807) is 0 Å². The second kappa shape index (κ2) is 8.44. The van der Waals surface area contributed by atoms with Crippen LogP contribution in [0.1, 0.15) is 33.7 Å². The Hall–Kier alpha value is -4.62. The van der Waals surface area contributed by atoms with E-state index in [9.17, 15) is 9.59 Å². The van der Waals surface area contributed by atoms with Gasteiger partial charge in [-0.3, -0.25) is 15.0 Å². The van der Waals surface area contributed by atoms with Gasteiger partial charge in [0.05, 0.1) is 33.2 Å². The number of nitrogens with zero attached hydrogens (tertiary/aromatic N) is 3. The molecule has 9 rings (SSSR count). The van der Waals surface area contributed by atoms with Gasteiger partial charge in [0.15, 0.2) is 0 Å². The van der Waals surface area contributed by atoms with Crippen LogP contribution in [0.15, 0.2) is 102 Å². The maximum atomic E-state index is 14.4. The minimum atomic E-state index is -0.914. The predicted molar refractivity (Wildman–Crippen MR) is 158 cm³/mol. The number of imide groups is 1. The normalized spacial score (nSPS) is 24.4. The third kappa shape index (κ3) is 3.04. The molecule has 1 aromatic heterocycles. The second-order valence-electron chi connectivity index (χ2n) is 10.7. The van der Waals surface area contributed by atoms with Crippen molar-refractivity contribution in [3.05, 3.63) is 125 Å². The Morgan fingerprint density at radius 2 is 1.50 bits per heavy atom. The zero-order valence-electron chi connectivity index (χ0n) is 21.6. The molecule has 2 atom stereocenters. The van der Waals surface area contributed by atoms with E-state index in [-0.39, 0.29) is 17.7 Å². The van der Waals surface area contributed by atoms with Gasteiger partial charge >= 0.3 is 0 Å². The molecule has 4 aliphatic rings. The highest BCUT2D eigenvalue weighted by molar-refractivity contribution is 7.22. The number of hydrazone groups is 1. The van der Waals surface area contributed by atoms with E-state index in [0.717, 1.165) is 38.0 Å². The molecule has 5 aromatic rings. The first kappa shape index (κ1) is 23.3. The van der Waals surface area contributed by atoms with Crippen LogP contribution in [0.2, 0.25) is 0 Å². The first-order chi connectivity index (χ1) is 19.6. The highest BCUT2D eigenvalue weighted by Crippen LogP contribution is 2.63. The van der Waals surface area contributed by atoms with Crippen LogP contribution >= 0.6 is 11.3 Å². The Morgan fingerprint density at radius 3 is 2.20 bits per heavy atom. The molecule has 0 unspecified atom stereocenters. The minimum absolute atomic E-state index is 0.148. The van der Waals surface area contributed by atoms with Crippen LogP contribution in [0, 0.1) is 18.8 Å². The molecule has 1 N–H and O–H groups in total. The number of rotatable bonds is 4. The smallest absolute Gasteiger partial charge is 0.239 e. The first-order valence-corrected chi connectivity index (χ1v) is 14.2. The topological polar surface area (TPSA) is 74.7 Å². The lowest BCUT2D eigenvalue weighted by Crippen LogP contribution is -2.54. The molecule has 1 saturated heterocycles. The van der Waals surface area contributed by atoms with Gasteiger partial charge in [-0.2, -0.15) is 5.10 Å². The van der Waals surface area contributed by atoms with E-state index in [2.05, 4.69) is 34.7 Å². The number of fused-ring (bicyclic) bond motifs is 1. The zero-order valence-corrected chi connectivity index (χ0v) is 22.4. The fourth-order valence-electron chi connectivity index (χ4n) is 7.11. The number of para-hydroxylation sites is 1. The van der Waals surface area contributed by atoms with Crippen LogP contribution in [0.25, 0.3) is 10.2 Å². The Balaban J connectivity index is 1.32. The van der Waals surface area contributed by atoms with Crippen molar-refractivity contribution in [3.8, 4) is 0 Å². The number of amides is 2. The van der Waals surface area contributed by atoms with Gasteiger partial charge in [0, 0.05) is 12.1 Å². The average Bonchev–Trinajstić information content (AvgIpc) is 3.52. The van der Waals surface area contributed by atoms with E-state index in [1.165, 1.54) is 16.2 Å². The number of aromatic nitrogens is 1. The highest BCUT2D eigenvalue weighted by atomic mass is 32.1. The molecule has 1 fully saturated rings. The van der Waals surface area contributed by atoms with Crippen LogP contribution in [0.3, 0.4) is 0 Å². The maximum Gasteiger partial charge on any atom is 0.239 e. The van der Waals surface area contributed by atoms with Crippen molar-refractivity contribution in [2.75, 3.05) is 10.3 Å². The van der Waals surface area contributed by atoms with Gasteiger partial charge in [0.1, 0.15) is 0 Å². The highest BCUT2D eigenvalue weighted by Gasteiger charge is 2.68. The molecule has 0 spiro atoms. The Labute approximate surface area is 235 Å². The number of carbonyl (C=O) groups is 2. The molecule has 0 radical (unpaired) electrons. The molecule has 194 valence electrons. The molecule has 4 aromatic carbocycles. The van der Waals surface area contributed by atoms with Crippen molar-refractivity contribution in [1.82, 2.24) is 4.98 Å². The first-order valence-electron chi connectivity index (χ1n) is 13.4. The van der Waals surface area contributed by atoms with Crippen molar-refractivity contribution < 1.29 is 9.59 Å². The summed E-state index contributed by atoms with van der Waals surface area (Å²) in [5, 5.41) is 5.42. The van der Waals surface area contributed by atoms with Gasteiger partial charge in [-0.15, -0.1) is 0 Å². The van der Waals surface area contributed by atoms with Gasteiger partial charge in [-0.25, -0.2) is 9.88 Å². The maximum absolute atomic E-state index is 14.4. The largest absolute Gasteiger partial charge is 0.274 e. The number of anilines is 2. The van der Waals surface area contributed by atoms with Gasteiger partial charge in [-0.05, 0) is 53.4 Å². The second-order valence-corrected chi connectivity index (χ2v) is 11.8. The molecule has 3 aliphatic carbocycles. The van der Waals surface area contributed by atoms with Crippen LogP contribution in [-0.2, 0) is 15.0 Å². The third-order valence-electron chi connectivity index (χ3n) is 8.70. The van der Waals surface area contributed by atoms with E-state index in [4.69, 9.17) is 5.10 Å². The van der Waals surface area contributed by atoms with Crippen molar-refractivity contribution in [1.29, 1.82) is 0 Å². The van der Waals surface area contributed by atoms with Gasteiger partial charge in [0.2, 0.25) is 16.9 Å². The number of aryl methyl sites for hydroxylation is 1. The van der Waals surface area contributed by atoms with Crippen molar-refractivity contribution >= 4 is 50.4 Å². The van der Waals surface area contributed by atoms with Gasteiger partial charge < -0.3 is 0 Å². The van der Waals surface area contributed by atoms with E-state index in [0.29, 0.717) is 10.8 Å². The summed E-state index contributed by atoms with van der Waals surface area (Å²) >= 11 is 1.53. The Kier molecular flexibility index (Phi) is 4.91. The Bertz CT molecular complexity index is 1790. The minimum Gasteiger partial charge on any atom is -0.274 e. The van der Waals surface area contributed by atoms with Crippen LogP contribution in [-0.4, -0.2) is 23.0 Å². The SMILES string of the molecule is Cc1ccc(N2C(=O)[C@@H]3[C@@H](C2=O)C2c4ccccc4C3(/C=N\Nc3nc4ccccc4s3)c3ccccc32)cc1. The lowest BCUT2D eigenvalue weighted by atomic mass is 9.47. The molecule has 6 nitrogen and oxygen atoms in total. The number of hydrogen-bond donors (Lipinski definition) is 1. The monoisotopic (exact) mass is 540 g/mol. The fourth-order valence-corrected chi connectivity index (χ4v) is 7.92. The lowest BCUT2D eigenvalue weighted by Gasteiger charge is -2.52. The number of carbonyl (C=O) groups excluding carboxylic acids is 2. The molecule has 2 heterocycles. The van der Waals surface area contributed by atoms with Gasteiger partial charge in [-0.1, -0.05) is 89.7 Å². The summed E-state index contributed by atoms with van der Waals surface area (Å²) in [5.41, 5.74) is 9.05. The molecule has 7 heteroatoms. The third-order valence-corrected chi connectivity index (χ3v) is 9.64. The van der Waals surface area contributed by atoms with Crippen LogP contribution in [0.5, 0.6) is 0 Å². The fraction of sp³-hybridized carbons (Fsp3) is 0.152. The molecular formula is C33H24N4O2S. The van der Waals surface area contributed by atoms with Crippen molar-refractivity contribution in [2.24, 2.45) is 16.9 Å². The molecule has 1 aliphatic heterocycles. The summed E-state index contributed by atoms with van der Waals surface area (Å²) in [6, 6.07) is 32.0. The van der Waals surface area contributed by atoms with Gasteiger partial charge in [0.25, 0.3) is 0 Å². The molecule has 40 heavy (non-hydrogen) atoms. The summed E-state index contributed by atoms with van der Waals surface area (Å²) in [5.74, 6) is -1.66. The molecule has 0 saturated carbocycles. The van der Waals surface area contributed by atoms with Crippen LogP contribution in [0.4, 0.5) is 10.8 Å². The molecule has 2 bridgehead atoms. The summed E-state index contributed by atoms with van der Waals surface area (Å²) in [6.45, 7) is 1.99. The Morgan fingerprint density at radius 1 is 0.850 bits per heavy atom. The van der Waals surface area contributed by atoms with E-state index in [1.807, 2.05) is 85.9 Å². The number of nitrogens with one attached hydrogen (secondary N) is 1. The number of thiazole rings is 1. The quantitative estimate of drug-likeness (QED) is 0.166. The zero-order chi connectivity index (χ0) is 27.0. The lowest BCUT2D eigenvalue weighted by molar-refractivity contribution is -0.122. The van der Waals surface area contributed by atoms with Crippen LogP contribution < -0.4 is 10.3 Å². The molecular weight excluding hydrogens is 516 g/mol. The van der Waals surface area contributed by atoms with Crippen molar-refractivity contribution in [2.45, 2.75) is 18.3 Å². The number of hydrogen-bond acceptors (Lipinski definition) is 6. The summed E-state index contributed by atoms with van der Waals surface area (Å²) < 4.78 is 1.07. The van der Waals surface area contributed by atoms with Crippen molar-refractivity contribution in [3.63, 3.8) is 0 Å². The van der Waals surface area contributed by atoms with E-state index >= 15 is 0 Å². The summed E-state index contributed by atoms with van der Waals surface area (Å²) in [4.78, 5) is 34.7. The van der Waals surface area contributed by atoms with E-state index < -0.39 is 17.3 Å².